The maximum Gasteiger partial charge on any atom is 0.419 e. The van der Waals surface area contributed by atoms with E-state index in [1.165, 1.54) is 6.07 Å². The van der Waals surface area contributed by atoms with Gasteiger partial charge in [-0.05, 0) is 30.3 Å². The average molecular weight is 372 g/mol. The number of sulfonamides is 1. The second kappa shape index (κ2) is 5.97. The van der Waals surface area contributed by atoms with Gasteiger partial charge in [-0.2, -0.15) is 13.2 Å². The molecule has 3 nitrogen and oxygen atoms in total. The Bertz CT molecular complexity index is 852. The van der Waals surface area contributed by atoms with E-state index in [1.807, 2.05) is 0 Å². The van der Waals surface area contributed by atoms with Crippen molar-refractivity contribution in [3.63, 3.8) is 0 Å². The summed E-state index contributed by atoms with van der Waals surface area (Å²) in [6, 6.07) is 4.57. The molecule has 0 spiro atoms. The minimum absolute atomic E-state index is 0.125. The van der Waals surface area contributed by atoms with Crippen molar-refractivity contribution in [3.8, 4) is 0 Å². The summed E-state index contributed by atoms with van der Waals surface area (Å²) in [6.07, 6.45) is -5.07. The predicted molar refractivity (Wildman–Crippen MR) is 73.6 cm³/mol. The Morgan fingerprint density at radius 2 is 1.70 bits per heavy atom. The number of nitrogens with one attached hydrogen (secondary N) is 1. The summed E-state index contributed by atoms with van der Waals surface area (Å²) >= 11 is 5.49. The van der Waals surface area contributed by atoms with Crippen molar-refractivity contribution in [2.45, 2.75) is 11.1 Å². The van der Waals surface area contributed by atoms with Gasteiger partial charge in [0.1, 0.15) is 5.82 Å². The maximum absolute atomic E-state index is 13.7. The molecule has 0 fully saturated rings. The molecule has 0 aliphatic rings. The summed E-state index contributed by atoms with van der Waals surface area (Å²) in [6.45, 7) is 0. The Morgan fingerprint density at radius 3 is 2.30 bits per heavy atom. The van der Waals surface area contributed by atoms with E-state index in [4.69, 9.17) is 11.6 Å². The van der Waals surface area contributed by atoms with E-state index in [9.17, 15) is 30.4 Å². The number of hydrogen-bond acceptors (Lipinski definition) is 2. The van der Waals surface area contributed by atoms with Crippen molar-refractivity contribution < 1.29 is 30.4 Å². The van der Waals surface area contributed by atoms with Crippen LogP contribution >= 0.6 is 11.6 Å². The highest BCUT2D eigenvalue weighted by molar-refractivity contribution is 7.92. The van der Waals surface area contributed by atoms with Crippen molar-refractivity contribution in [2.75, 3.05) is 4.72 Å². The van der Waals surface area contributed by atoms with Gasteiger partial charge in [-0.3, -0.25) is 4.72 Å². The third kappa shape index (κ3) is 3.73. The van der Waals surface area contributed by atoms with Crippen LogP contribution in [0.25, 0.3) is 0 Å². The molecule has 1 N–H and O–H groups in total. The van der Waals surface area contributed by atoms with Crippen LogP contribution in [0.3, 0.4) is 0 Å². The van der Waals surface area contributed by atoms with Crippen molar-refractivity contribution in [1.29, 1.82) is 0 Å². The number of anilines is 1. The fraction of sp³-hybridized carbons (Fsp3) is 0.0769. The van der Waals surface area contributed by atoms with Crippen LogP contribution in [0.1, 0.15) is 5.56 Å². The number of benzene rings is 2. The largest absolute Gasteiger partial charge is 0.419 e. The van der Waals surface area contributed by atoms with Crippen LogP contribution in [0.2, 0.25) is 5.02 Å². The molecular formula is C13H7ClF5NO2S. The molecule has 2 rings (SSSR count). The predicted octanol–water partition coefficient (Wildman–Crippen LogP) is 4.44. The van der Waals surface area contributed by atoms with Gasteiger partial charge in [-0.15, -0.1) is 0 Å². The molecule has 0 saturated carbocycles. The molecule has 23 heavy (non-hydrogen) atoms. The van der Waals surface area contributed by atoms with Gasteiger partial charge < -0.3 is 0 Å². The van der Waals surface area contributed by atoms with Crippen LogP contribution in [0.15, 0.2) is 41.3 Å². The maximum atomic E-state index is 13.7. The Balaban J connectivity index is 2.47. The van der Waals surface area contributed by atoms with Crippen LogP contribution < -0.4 is 4.72 Å². The average Bonchev–Trinajstić information content (AvgIpc) is 2.42. The van der Waals surface area contributed by atoms with E-state index < -0.39 is 44.0 Å². The monoisotopic (exact) mass is 371 g/mol. The Hall–Kier alpha value is -1.87. The summed E-state index contributed by atoms with van der Waals surface area (Å²) < 4.78 is 90.6. The lowest BCUT2D eigenvalue weighted by Gasteiger charge is -2.12. The Morgan fingerprint density at radius 1 is 1.04 bits per heavy atom. The molecule has 2 aromatic carbocycles. The smallest absolute Gasteiger partial charge is 0.277 e. The molecule has 0 aliphatic heterocycles. The molecule has 0 bridgehead atoms. The molecule has 0 saturated heterocycles. The van der Waals surface area contributed by atoms with Gasteiger partial charge in [0, 0.05) is 0 Å². The first-order valence-electron chi connectivity index (χ1n) is 5.86. The highest BCUT2D eigenvalue weighted by Crippen LogP contribution is 2.33. The second-order valence-electron chi connectivity index (χ2n) is 4.35. The number of rotatable bonds is 3. The minimum atomic E-state index is -5.07. The molecule has 0 atom stereocenters. The molecule has 0 amide bonds. The van der Waals surface area contributed by atoms with E-state index >= 15 is 0 Å². The molecule has 0 unspecified atom stereocenters. The van der Waals surface area contributed by atoms with E-state index in [1.54, 1.807) is 4.72 Å². The summed E-state index contributed by atoms with van der Waals surface area (Å²) in [4.78, 5) is -0.870. The lowest BCUT2D eigenvalue weighted by atomic mass is 10.2. The first-order valence-corrected chi connectivity index (χ1v) is 7.72. The fourth-order valence-corrected chi connectivity index (χ4v) is 2.93. The lowest BCUT2D eigenvalue weighted by molar-refractivity contribution is -0.140. The molecule has 2 aromatic rings. The highest BCUT2D eigenvalue weighted by Gasteiger charge is 2.35. The zero-order chi connectivity index (χ0) is 17.4. The standard InChI is InChI=1S/C13H7ClF5NO2S/c14-9-2-1-3-11(12(9)16)20-23(21,22)7-4-5-10(15)8(6-7)13(17,18)19/h1-6,20H. The van der Waals surface area contributed by atoms with Gasteiger partial charge in [0.2, 0.25) is 0 Å². The SMILES string of the molecule is O=S(=O)(Nc1cccc(Cl)c1F)c1ccc(F)c(C(F)(F)F)c1. The first kappa shape index (κ1) is 17.5. The fourth-order valence-electron chi connectivity index (χ4n) is 1.68. The van der Waals surface area contributed by atoms with E-state index in [2.05, 4.69) is 0 Å². The molecular weight excluding hydrogens is 365 g/mol. The second-order valence-corrected chi connectivity index (χ2v) is 6.44. The van der Waals surface area contributed by atoms with Crippen LogP contribution in [0, 0.1) is 11.6 Å². The molecule has 10 heteroatoms. The van der Waals surface area contributed by atoms with Gasteiger partial charge in [0.25, 0.3) is 10.0 Å². The minimum Gasteiger partial charge on any atom is -0.277 e. The zero-order valence-electron chi connectivity index (χ0n) is 11.0. The summed E-state index contributed by atoms with van der Waals surface area (Å²) in [5, 5.41) is -0.375. The van der Waals surface area contributed by atoms with Crippen molar-refractivity contribution in [1.82, 2.24) is 0 Å². The summed E-state index contributed by atoms with van der Waals surface area (Å²) in [5.41, 5.74) is -2.29. The van der Waals surface area contributed by atoms with E-state index in [-0.39, 0.29) is 11.1 Å². The van der Waals surface area contributed by atoms with Gasteiger partial charge in [0.05, 0.1) is 21.2 Å². The van der Waals surface area contributed by atoms with Gasteiger partial charge in [-0.1, -0.05) is 17.7 Å². The van der Waals surface area contributed by atoms with Crippen molar-refractivity contribution in [3.05, 3.63) is 58.6 Å². The molecule has 0 aromatic heterocycles. The third-order valence-corrected chi connectivity index (χ3v) is 4.40. The number of halogens is 6. The normalized spacial score (nSPS) is 12.3. The van der Waals surface area contributed by atoms with Crippen LogP contribution in [0.5, 0.6) is 0 Å². The van der Waals surface area contributed by atoms with Crippen molar-refractivity contribution in [2.24, 2.45) is 0 Å². The van der Waals surface area contributed by atoms with E-state index in [0.717, 1.165) is 12.1 Å². The first-order chi connectivity index (χ1) is 10.5. The lowest BCUT2D eigenvalue weighted by Crippen LogP contribution is -2.16. The van der Waals surface area contributed by atoms with Gasteiger partial charge in [-0.25, -0.2) is 17.2 Å². The topological polar surface area (TPSA) is 46.2 Å². The number of alkyl halides is 3. The highest BCUT2D eigenvalue weighted by atomic mass is 35.5. The third-order valence-electron chi connectivity index (χ3n) is 2.75. The molecule has 124 valence electrons. The van der Waals surface area contributed by atoms with E-state index in [0.29, 0.717) is 12.1 Å². The molecule has 0 aliphatic carbocycles. The van der Waals surface area contributed by atoms with Crippen molar-refractivity contribution >= 4 is 27.3 Å². The van der Waals surface area contributed by atoms with Gasteiger partial charge >= 0.3 is 6.18 Å². The zero-order valence-corrected chi connectivity index (χ0v) is 12.5. The van der Waals surface area contributed by atoms with Crippen LogP contribution in [0.4, 0.5) is 27.6 Å². The van der Waals surface area contributed by atoms with Gasteiger partial charge in [0.15, 0.2) is 5.82 Å². The van der Waals surface area contributed by atoms with Crippen LogP contribution in [-0.2, 0) is 16.2 Å². The summed E-state index contributed by atoms with van der Waals surface area (Å²) in [5.74, 6) is -2.71. The molecule has 0 radical (unpaired) electrons. The summed E-state index contributed by atoms with van der Waals surface area (Å²) in [7, 11) is -4.57. The Labute approximate surface area is 132 Å². The number of hydrogen-bond donors (Lipinski definition) is 1. The molecule has 0 heterocycles. The Kier molecular flexibility index (Phi) is 4.54. The van der Waals surface area contributed by atoms with Crippen LogP contribution in [-0.4, -0.2) is 8.42 Å². The quantitative estimate of drug-likeness (QED) is 0.811.